The van der Waals surface area contributed by atoms with Gasteiger partial charge in [-0.15, -0.1) is 0 Å². The number of carbonyl (C=O) groups excluding carboxylic acids is 1. The number of nitrogens with one attached hydrogen (secondary N) is 1. The third-order valence-corrected chi connectivity index (χ3v) is 7.08. The number of hydrogen-bond acceptors (Lipinski definition) is 8. The Morgan fingerprint density at radius 3 is 2.43 bits per heavy atom. The normalized spacial score (nSPS) is 13.2. The van der Waals surface area contributed by atoms with E-state index < -0.39 is 0 Å². The highest BCUT2D eigenvalue weighted by Gasteiger charge is 2.21. The van der Waals surface area contributed by atoms with Crippen molar-refractivity contribution in [2.24, 2.45) is 0 Å². The summed E-state index contributed by atoms with van der Waals surface area (Å²) >= 11 is 1.22. The molecule has 0 fully saturated rings. The van der Waals surface area contributed by atoms with Gasteiger partial charge in [-0.05, 0) is 35.7 Å². The van der Waals surface area contributed by atoms with Gasteiger partial charge in [0.05, 0.1) is 23.2 Å². The molecule has 0 saturated carbocycles. The summed E-state index contributed by atoms with van der Waals surface area (Å²) in [7, 11) is 0. The number of hydrogen-bond donors (Lipinski definition) is 1. The van der Waals surface area contributed by atoms with Crippen LogP contribution in [0.15, 0.2) is 70.6 Å². The highest BCUT2D eigenvalue weighted by Crippen LogP contribution is 2.36. The first-order chi connectivity index (χ1) is 18.1. The number of fused-ring (bicyclic) bond motifs is 3. The quantitative estimate of drug-likeness (QED) is 0.281. The number of carbonyl (C=O) groups is 1. The van der Waals surface area contributed by atoms with Crippen molar-refractivity contribution in [3.63, 3.8) is 0 Å². The molecule has 0 spiro atoms. The van der Waals surface area contributed by atoms with Gasteiger partial charge in [-0.3, -0.25) is 14.2 Å². The summed E-state index contributed by atoms with van der Waals surface area (Å²) in [6, 6.07) is 18.9. The molecule has 1 N–H and O–H groups in total. The Kier molecular flexibility index (Phi) is 6.32. The van der Waals surface area contributed by atoms with Crippen LogP contribution in [-0.4, -0.2) is 41.3 Å². The van der Waals surface area contributed by atoms with Crippen molar-refractivity contribution >= 4 is 28.6 Å². The van der Waals surface area contributed by atoms with E-state index in [1.807, 2.05) is 48.5 Å². The molecule has 0 atom stereocenters. The van der Waals surface area contributed by atoms with Crippen LogP contribution >= 0.6 is 11.8 Å². The van der Waals surface area contributed by atoms with Crippen LogP contribution in [0.2, 0.25) is 0 Å². The molecule has 1 aromatic heterocycles. The summed E-state index contributed by atoms with van der Waals surface area (Å²) in [5.74, 6) is 2.35. The van der Waals surface area contributed by atoms with Crippen LogP contribution in [-0.2, 0) is 17.8 Å². The van der Waals surface area contributed by atoms with E-state index in [0.717, 1.165) is 17.5 Å². The molecule has 3 aromatic carbocycles. The predicted octanol–water partition coefficient (Wildman–Crippen LogP) is 3.35. The summed E-state index contributed by atoms with van der Waals surface area (Å²) in [4.78, 5) is 30.9. The maximum atomic E-state index is 13.6. The molecule has 0 aliphatic carbocycles. The molecule has 188 valence electrons. The van der Waals surface area contributed by atoms with Gasteiger partial charge < -0.3 is 24.3 Å². The van der Waals surface area contributed by atoms with Gasteiger partial charge in [0.2, 0.25) is 19.5 Å². The molecule has 0 unspecified atom stereocenters. The molecule has 2 aliphatic rings. The summed E-state index contributed by atoms with van der Waals surface area (Å²) < 4.78 is 23.4. The number of thioether (sulfide) groups is 1. The fraction of sp³-hybridized carbons (Fsp3) is 0.222. The van der Waals surface area contributed by atoms with Crippen molar-refractivity contribution < 1.29 is 23.7 Å². The van der Waals surface area contributed by atoms with Gasteiger partial charge in [0, 0.05) is 12.6 Å². The lowest BCUT2D eigenvalue weighted by Crippen LogP contribution is -2.28. The lowest BCUT2D eigenvalue weighted by molar-refractivity contribution is -0.118. The van der Waals surface area contributed by atoms with Crippen LogP contribution in [0.1, 0.15) is 11.1 Å². The topological polar surface area (TPSA) is 101 Å². The molecule has 0 bridgehead atoms. The fourth-order valence-electron chi connectivity index (χ4n) is 4.23. The van der Waals surface area contributed by atoms with Crippen molar-refractivity contribution in [2.45, 2.75) is 18.1 Å². The minimum Gasteiger partial charge on any atom is -0.454 e. The molecular weight excluding hydrogens is 494 g/mol. The molecule has 2 aliphatic heterocycles. The van der Waals surface area contributed by atoms with E-state index in [1.54, 1.807) is 16.7 Å². The van der Waals surface area contributed by atoms with Gasteiger partial charge in [-0.25, -0.2) is 4.98 Å². The van der Waals surface area contributed by atoms with Crippen molar-refractivity contribution in [1.29, 1.82) is 0 Å². The Balaban J connectivity index is 1.25. The van der Waals surface area contributed by atoms with Gasteiger partial charge in [-0.2, -0.15) is 0 Å². The minimum absolute atomic E-state index is 0.0990. The van der Waals surface area contributed by atoms with Gasteiger partial charge in [-0.1, -0.05) is 48.2 Å². The maximum absolute atomic E-state index is 13.6. The van der Waals surface area contributed by atoms with Crippen molar-refractivity contribution in [3.8, 4) is 23.0 Å². The van der Waals surface area contributed by atoms with E-state index in [2.05, 4.69) is 5.32 Å². The molecule has 37 heavy (non-hydrogen) atoms. The molecule has 0 saturated heterocycles. The minimum atomic E-state index is -0.229. The van der Waals surface area contributed by atoms with E-state index in [-0.39, 0.29) is 37.3 Å². The average molecular weight is 518 g/mol. The summed E-state index contributed by atoms with van der Waals surface area (Å²) in [5.41, 5.74) is 2.27. The standard InChI is InChI=1S/C27H23N3O6S/c31-25(28-9-8-17-4-2-1-3-5-17)14-37-27-29-20-12-24-23(35-16-36-24)11-19(20)26(32)30(27)13-18-6-7-21-22(10-18)34-15-33-21/h1-7,10-12H,8-9,13-16H2,(H,28,31). The first kappa shape index (κ1) is 23.2. The Bertz CT molecular complexity index is 1540. The fourth-order valence-corrected chi connectivity index (χ4v) is 5.06. The van der Waals surface area contributed by atoms with Gasteiger partial charge in [0.15, 0.2) is 28.2 Å². The van der Waals surface area contributed by atoms with Crippen LogP contribution in [0, 0.1) is 0 Å². The lowest BCUT2D eigenvalue weighted by atomic mass is 10.1. The molecule has 1 amide bonds. The molecule has 10 heteroatoms. The third-order valence-electron chi connectivity index (χ3n) is 6.10. The van der Waals surface area contributed by atoms with Crippen molar-refractivity contribution in [3.05, 3.63) is 82.1 Å². The summed E-state index contributed by atoms with van der Waals surface area (Å²) in [6.45, 7) is 1.05. The number of nitrogens with zero attached hydrogens (tertiary/aromatic N) is 2. The van der Waals surface area contributed by atoms with Crippen LogP contribution in [0.3, 0.4) is 0 Å². The Labute approximate surface area is 216 Å². The number of benzene rings is 3. The van der Waals surface area contributed by atoms with E-state index in [0.29, 0.717) is 45.6 Å². The number of rotatable bonds is 8. The zero-order valence-electron chi connectivity index (χ0n) is 19.8. The van der Waals surface area contributed by atoms with Crippen molar-refractivity contribution in [1.82, 2.24) is 14.9 Å². The van der Waals surface area contributed by atoms with Gasteiger partial charge >= 0.3 is 0 Å². The van der Waals surface area contributed by atoms with Crippen LogP contribution in [0.25, 0.3) is 10.9 Å². The Morgan fingerprint density at radius 1 is 0.892 bits per heavy atom. The SMILES string of the molecule is O=C(CSc1nc2cc3c(cc2c(=O)n1Cc1ccc2c(c1)OCO2)OCO3)NCCc1ccccc1. The van der Waals surface area contributed by atoms with Crippen LogP contribution in [0.4, 0.5) is 0 Å². The second kappa shape index (κ2) is 10.1. The monoisotopic (exact) mass is 517 g/mol. The molecule has 3 heterocycles. The van der Waals surface area contributed by atoms with E-state index in [9.17, 15) is 9.59 Å². The number of aromatic nitrogens is 2. The average Bonchev–Trinajstić information content (AvgIpc) is 3.58. The highest BCUT2D eigenvalue weighted by atomic mass is 32.2. The van der Waals surface area contributed by atoms with Gasteiger partial charge in [0.1, 0.15) is 0 Å². The van der Waals surface area contributed by atoms with E-state index in [1.165, 1.54) is 11.8 Å². The first-order valence-corrected chi connectivity index (χ1v) is 12.8. The lowest BCUT2D eigenvalue weighted by Gasteiger charge is -2.14. The van der Waals surface area contributed by atoms with Gasteiger partial charge in [0.25, 0.3) is 5.56 Å². The smallest absolute Gasteiger partial charge is 0.262 e. The van der Waals surface area contributed by atoms with E-state index in [4.69, 9.17) is 23.9 Å². The first-order valence-electron chi connectivity index (χ1n) is 11.8. The summed E-state index contributed by atoms with van der Waals surface area (Å²) in [6.07, 6.45) is 0.744. The second-order valence-electron chi connectivity index (χ2n) is 8.57. The molecule has 9 nitrogen and oxygen atoms in total. The molecule has 6 rings (SSSR count). The second-order valence-corrected chi connectivity index (χ2v) is 9.51. The number of ether oxygens (including phenoxy) is 4. The Hall–Kier alpha value is -4.18. The molecule has 0 radical (unpaired) electrons. The third kappa shape index (κ3) is 4.92. The maximum Gasteiger partial charge on any atom is 0.262 e. The molecular formula is C27H23N3O6S. The largest absolute Gasteiger partial charge is 0.454 e. The number of amides is 1. The highest BCUT2D eigenvalue weighted by molar-refractivity contribution is 7.99. The predicted molar refractivity (Wildman–Crippen MR) is 138 cm³/mol. The zero-order valence-corrected chi connectivity index (χ0v) is 20.6. The molecule has 4 aromatic rings. The Morgan fingerprint density at radius 2 is 1.62 bits per heavy atom. The zero-order chi connectivity index (χ0) is 25.2. The van der Waals surface area contributed by atoms with Crippen LogP contribution < -0.4 is 29.8 Å². The van der Waals surface area contributed by atoms with Crippen LogP contribution in [0.5, 0.6) is 23.0 Å². The van der Waals surface area contributed by atoms with Crippen molar-refractivity contribution in [2.75, 3.05) is 25.9 Å². The van der Waals surface area contributed by atoms with E-state index >= 15 is 0 Å². The summed E-state index contributed by atoms with van der Waals surface area (Å²) in [5, 5.41) is 3.80.